The molecular formula is C108H186CaO14S2. The van der Waals surface area contributed by atoms with Crippen LogP contribution in [0.3, 0.4) is 0 Å². The second kappa shape index (κ2) is 92.2. The fourth-order valence-electron chi connectivity index (χ4n) is 16.3. The van der Waals surface area contributed by atoms with Gasteiger partial charge in [0.15, 0.2) is 0 Å². The van der Waals surface area contributed by atoms with Crippen molar-refractivity contribution in [2.75, 3.05) is 26.4 Å². The van der Waals surface area contributed by atoms with Gasteiger partial charge in [-0.25, -0.2) is 36.0 Å². The SMILES string of the molecule is CCCCCCCCCCCCCCCCCCC/C=C/CCOC(=O)c1cccc(S(=O)(=O)[O-])c1C(=O)OCC/C=C/CCCCCCCCCCCCCCCCCCC.CCCCCCCCCCCCCCCCCCC/C=C/CCOC(=O)c1cccc(S(=O)(=O)[O-])c1C(=O)OCC/C=C/CCCCCCCCCCCCCCCCCCC.[Ca+2]. The summed E-state index contributed by atoms with van der Waals surface area (Å²) in [4.78, 5) is 50.5. The van der Waals surface area contributed by atoms with Crippen LogP contribution in [0.4, 0.5) is 0 Å². The summed E-state index contributed by atoms with van der Waals surface area (Å²) < 4.78 is 93.6. The summed E-state index contributed by atoms with van der Waals surface area (Å²) in [6.45, 7) is 9.24. The van der Waals surface area contributed by atoms with E-state index in [1.165, 1.54) is 435 Å². The molecule has 17 heteroatoms. The number of allylic oxidation sites excluding steroid dienone is 4. The number of esters is 4. The van der Waals surface area contributed by atoms with Crippen LogP contribution in [0.5, 0.6) is 0 Å². The second-order valence-corrected chi connectivity index (χ2v) is 38.3. The summed E-state index contributed by atoms with van der Waals surface area (Å²) in [5, 5.41) is 0. The molecule has 2 aromatic carbocycles. The van der Waals surface area contributed by atoms with Gasteiger partial charge >= 0.3 is 61.6 Å². The van der Waals surface area contributed by atoms with E-state index < -0.39 is 65.0 Å². The molecule has 0 fully saturated rings. The summed E-state index contributed by atoms with van der Waals surface area (Å²) in [6.07, 6.45) is 114. The first kappa shape index (κ1) is 121. The molecule has 0 aliphatic heterocycles. The number of hydrogen-bond acceptors (Lipinski definition) is 14. The van der Waals surface area contributed by atoms with E-state index in [4.69, 9.17) is 18.9 Å². The van der Waals surface area contributed by atoms with Crippen LogP contribution in [-0.4, -0.2) is 114 Å². The zero-order chi connectivity index (χ0) is 90.1. The molecule has 14 nitrogen and oxygen atoms in total. The van der Waals surface area contributed by atoms with Crippen molar-refractivity contribution in [3.63, 3.8) is 0 Å². The summed E-state index contributed by atoms with van der Waals surface area (Å²) in [5.41, 5.74) is -1.69. The predicted molar refractivity (Wildman–Crippen MR) is 526 cm³/mol. The van der Waals surface area contributed by atoms with E-state index in [-0.39, 0.29) is 75.3 Å². The Morgan fingerprint density at radius 2 is 0.368 bits per heavy atom. The fraction of sp³-hybridized carbons (Fsp3) is 0.778. The number of hydrogen-bond donors (Lipinski definition) is 0. The van der Waals surface area contributed by atoms with Crippen molar-refractivity contribution in [2.24, 2.45) is 0 Å². The second-order valence-electron chi connectivity index (χ2n) is 35.6. The molecule has 2 rings (SSSR count). The Balaban J connectivity index is 0.00000244. The molecule has 0 saturated carbocycles. The first-order chi connectivity index (χ1) is 60.6. The zero-order valence-corrected chi connectivity index (χ0v) is 84.7. The summed E-state index contributed by atoms with van der Waals surface area (Å²) >= 11 is 0. The zero-order valence-electron chi connectivity index (χ0n) is 80.9. The monoisotopic (exact) mass is 1810 g/mol. The third-order valence-electron chi connectivity index (χ3n) is 24.1. The quantitative estimate of drug-likeness (QED) is 0.0150. The van der Waals surface area contributed by atoms with E-state index in [1.807, 2.05) is 24.3 Å². The molecule has 125 heavy (non-hydrogen) atoms. The molecule has 716 valence electrons. The van der Waals surface area contributed by atoms with Crippen LogP contribution in [0.25, 0.3) is 0 Å². The van der Waals surface area contributed by atoms with E-state index in [0.29, 0.717) is 25.7 Å². The van der Waals surface area contributed by atoms with Gasteiger partial charge in [-0.05, 0) is 101 Å². The standard InChI is InChI=1S/2C54H94O7S.Ca/c2*1-3-5-7-9-11-13-15-17-19-21-23-25-27-29-31-33-35-37-39-41-43-48-60-53(55)50-46-45-47-51(62(57,58)59)52(50)54(56)61-49-44-42-40-38-36-34-32-30-28-26-24-22-20-18-16-14-12-10-8-6-4-2;/h2*39-42,45-47H,3-38,43-44,48-49H2,1-2H3,(H,57,58,59);/q;;+2/p-2/b2*41-39+,42-40+;. The summed E-state index contributed by atoms with van der Waals surface area (Å²) in [7, 11) is -10.1. The Bertz CT molecular complexity index is 2950. The Kier molecular flexibility index (Phi) is 89.5. The Hall–Kier alpha value is -3.64. The van der Waals surface area contributed by atoms with Crippen LogP contribution in [-0.2, 0) is 39.2 Å². The van der Waals surface area contributed by atoms with Gasteiger partial charge in [0.25, 0.3) is 0 Å². The minimum Gasteiger partial charge on any atom is -0.744 e. The van der Waals surface area contributed by atoms with Crippen molar-refractivity contribution in [3.8, 4) is 0 Å². The fourth-order valence-corrected chi connectivity index (χ4v) is 17.7. The predicted octanol–water partition coefficient (Wildman–Crippen LogP) is 33.4. The van der Waals surface area contributed by atoms with Crippen molar-refractivity contribution < 1.29 is 64.1 Å². The molecule has 0 aliphatic rings. The first-order valence-electron chi connectivity index (χ1n) is 52.1. The summed E-state index contributed by atoms with van der Waals surface area (Å²) in [6, 6.07) is 7.16. The van der Waals surface area contributed by atoms with Gasteiger partial charge in [-0.3, -0.25) is 0 Å². The maximum absolute atomic E-state index is 13.0. The van der Waals surface area contributed by atoms with Crippen LogP contribution in [0, 0.1) is 0 Å². The maximum Gasteiger partial charge on any atom is 2.00 e. The van der Waals surface area contributed by atoms with E-state index in [1.54, 1.807) is 0 Å². The Morgan fingerprint density at radius 3 is 0.528 bits per heavy atom. The molecule has 2 aromatic rings. The first-order valence-corrected chi connectivity index (χ1v) is 54.9. The topological polar surface area (TPSA) is 220 Å². The van der Waals surface area contributed by atoms with E-state index in [9.17, 15) is 45.1 Å². The minimum atomic E-state index is -5.04. The summed E-state index contributed by atoms with van der Waals surface area (Å²) in [5.74, 6) is -3.78. The average Bonchev–Trinajstić information content (AvgIpc) is 0.795. The maximum atomic E-state index is 13.0. The van der Waals surface area contributed by atoms with Crippen molar-refractivity contribution in [1.82, 2.24) is 0 Å². The van der Waals surface area contributed by atoms with Crippen molar-refractivity contribution >= 4 is 81.9 Å². The molecule has 0 atom stereocenters. The molecule has 0 aromatic heterocycles. The number of carbonyl (C=O) groups excluding carboxylic acids is 4. The number of rotatable bonds is 90. The van der Waals surface area contributed by atoms with Gasteiger partial charge in [0.1, 0.15) is 20.2 Å². The molecule has 0 saturated heterocycles. The molecule has 0 spiro atoms. The molecule has 0 amide bonds. The van der Waals surface area contributed by atoms with Crippen molar-refractivity contribution in [2.45, 2.75) is 525 Å². The Labute approximate surface area is 798 Å². The van der Waals surface area contributed by atoms with Crippen LogP contribution in [0.15, 0.2) is 94.8 Å². The number of carbonyl (C=O) groups is 4. The third kappa shape index (κ3) is 76.6. The van der Waals surface area contributed by atoms with Gasteiger partial charge < -0.3 is 28.1 Å². The van der Waals surface area contributed by atoms with Gasteiger partial charge in [-0.15, -0.1) is 0 Å². The number of ether oxygens (including phenoxy) is 4. The number of benzene rings is 2. The molecule has 0 aliphatic carbocycles. The molecular weight excluding hydrogens is 1630 g/mol. The largest absolute Gasteiger partial charge is 2.00 e. The third-order valence-corrected chi connectivity index (χ3v) is 25.8. The van der Waals surface area contributed by atoms with Gasteiger partial charge in [-0.2, -0.15) is 0 Å². The molecule has 0 unspecified atom stereocenters. The van der Waals surface area contributed by atoms with Gasteiger partial charge in [0.05, 0.1) is 58.5 Å². The van der Waals surface area contributed by atoms with Crippen LogP contribution in [0.2, 0.25) is 0 Å². The minimum absolute atomic E-state index is 0. The van der Waals surface area contributed by atoms with Gasteiger partial charge in [0, 0.05) is 0 Å². The van der Waals surface area contributed by atoms with Gasteiger partial charge in [0.2, 0.25) is 0 Å². The van der Waals surface area contributed by atoms with Crippen molar-refractivity contribution in [1.29, 1.82) is 0 Å². The van der Waals surface area contributed by atoms with E-state index in [0.717, 1.165) is 63.5 Å². The van der Waals surface area contributed by atoms with E-state index >= 15 is 0 Å². The molecule has 0 N–H and O–H groups in total. The molecule has 0 heterocycles. The number of unbranched alkanes of at least 4 members (excludes halogenated alkanes) is 68. The van der Waals surface area contributed by atoms with Crippen LogP contribution >= 0.6 is 0 Å². The van der Waals surface area contributed by atoms with Crippen LogP contribution in [0.1, 0.15) is 557 Å². The van der Waals surface area contributed by atoms with Crippen molar-refractivity contribution in [3.05, 3.63) is 107 Å². The molecule has 0 radical (unpaired) electrons. The molecule has 0 bridgehead atoms. The Morgan fingerprint density at radius 1 is 0.224 bits per heavy atom. The van der Waals surface area contributed by atoms with E-state index in [2.05, 4.69) is 52.0 Å². The average molecular weight is 1810 g/mol. The normalized spacial score (nSPS) is 11.8. The van der Waals surface area contributed by atoms with Gasteiger partial charge in [-0.1, -0.05) is 499 Å². The smallest absolute Gasteiger partial charge is 0.744 e. The van der Waals surface area contributed by atoms with Crippen LogP contribution < -0.4 is 0 Å².